The molecule has 0 saturated carbocycles. The third-order valence-corrected chi connectivity index (χ3v) is 3.72. The first-order chi connectivity index (χ1) is 9.99. The van der Waals surface area contributed by atoms with Crippen molar-refractivity contribution >= 4 is 28.6 Å². The Kier molecular flexibility index (Phi) is 4.88. The van der Waals surface area contributed by atoms with Gasteiger partial charge in [-0.15, -0.1) is 0 Å². The van der Waals surface area contributed by atoms with Gasteiger partial charge in [-0.05, 0) is 45.4 Å². The number of fused-ring (bicyclic) bond motifs is 1. The molecule has 21 heavy (non-hydrogen) atoms. The number of carbonyl (C=O) groups excluding carboxylic acids is 1. The topological polar surface area (TPSA) is 44.1 Å². The van der Waals surface area contributed by atoms with Gasteiger partial charge in [0, 0.05) is 11.1 Å². The average Bonchev–Trinajstić information content (AvgIpc) is 2.77. The summed E-state index contributed by atoms with van der Waals surface area (Å²) in [5, 5.41) is 0.645. The Labute approximate surface area is 130 Å². The number of hydrogen-bond donors (Lipinski definition) is 0. The lowest BCUT2D eigenvalue weighted by atomic mass is 10.1. The molecule has 1 unspecified atom stereocenters. The molecule has 1 heterocycles. The molecule has 0 bridgehead atoms. The molecule has 0 amide bonds. The number of hydrogen-bond acceptors (Lipinski definition) is 3. The minimum absolute atomic E-state index is 0.203. The summed E-state index contributed by atoms with van der Waals surface area (Å²) in [4.78, 5) is 16.8. The van der Waals surface area contributed by atoms with E-state index in [1.165, 1.54) is 0 Å². The molecule has 0 radical (unpaired) electrons. The van der Waals surface area contributed by atoms with Crippen LogP contribution in [0.15, 0.2) is 18.2 Å². The number of imidazole rings is 1. The van der Waals surface area contributed by atoms with Crippen molar-refractivity contribution < 1.29 is 9.53 Å². The summed E-state index contributed by atoms with van der Waals surface area (Å²) in [5.41, 5.74) is 1.81. The summed E-state index contributed by atoms with van der Waals surface area (Å²) >= 11 is 6.04. The molecule has 2 aromatic rings. The van der Waals surface area contributed by atoms with Gasteiger partial charge in [-0.3, -0.25) is 4.79 Å². The van der Waals surface area contributed by atoms with E-state index in [0.717, 1.165) is 16.9 Å². The SMILES string of the molecule is CCOC(=O)C(CC)c1nc2cc(Cl)ccc2n1C(C)C. The van der Waals surface area contributed by atoms with E-state index in [4.69, 9.17) is 16.3 Å². The Hall–Kier alpha value is -1.55. The summed E-state index contributed by atoms with van der Waals surface area (Å²) in [7, 11) is 0. The molecule has 0 aliphatic heterocycles. The van der Waals surface area contributed by atoms with Gasteiger partial charge in [0.05, 0.1) is 17.6 Å². The van der Waals surface area contributed by atoms with Crippen molar-refractivity contribution in [3.63, 3.8) is 0 Å². The molecule has 1 atom stereocenters. The maximum Gasteiger partial charge on any atom is 0.316 e. The van der Waals surface area contributed by atoms with E-state index in [-0.39, 0.29) is 17.9 Å². The molecule has 4 nitrogen and oxygen atoms in total. The number of carbonyl (C=O) groups is 1. The maximum atomic E-state index is 12.2. The van der Waals surface area contributed by atoms with Gasteiger partial charge in [0.25, 0.3) is 0 Å². The van der Waals surface area contributed by atoms with Gasteiger partial charge < -0.3 is 9.30 Å². The van der Waals surface area contributed by atoms with Crippen LogP contribution < -0.4 is 0 Å². The van der Waals surface area contributed by atoms with Crippen molar-refractivity contribution in [3.05, 3.63) is 29.0 Å². The number of ether oxygens (including phenoxy) is 1. The summed E-state index contributed by atoms with van der Waals surface area (Å²) in [6, 6.07) is 5.83. The highest BCUT2D eigenvalue weighted by Gasteiger charge is 2.27. The van der Waals surface area contributed by atoms with Crippen LogP contribution in [-0.4, -0.2) is 22.1 Å². The second-order valence-electron chi connectivity index (χ2n) is 5.28. The van der Waals surface area contributed by atoms with Gasteiger partial charge in [-0.2, -0.15) is 0 Å². The molecule has 1 aromatic heterocycles. The number of rotatable bonds is 5. The number of halogens is 1. The molecule has 0 aliphatic rings. The second-order valence-corrected chi connectivity index (χ2v) is 5.72. The smallest absolute Gasteiger partial charge is 0.316 e. The molecule has 114 valence electrons. The lowest BCUT2D eigenvalue weighted by Gasteiger charge is -2.18. The van der Waals surface area contributed by atoms with Crippen LogP contribution in [0.3, 0.4) is 0 Å². The molecule has 5 heteroatoms. The van der Waals surface area contributed by atoms with Crippen LogP contribution in [-0.2, 0) is 9.53 Å². The van der Waals surface area contributed by atoms with Crippen LogP contribution >= 0.6 is 11.6 Å². The molecule has 0 saturated heterocycles. The van der Waals surface area contributed by atoms with Crippen LogP contribution in [0.1, 0.15) is 51.9 Å². The van der Waals surface area contributed by atoms with E-state index >= 15 is 0 Å². The lowest BCUT2D eigenvalue weighted by Crippen LogP contribution is -2.20. The second kappa shape index (κ2) is 6.48. The number of nitrogens with zero attached hydrogens (tertiary/aromatic N) is 2. The Morgan fingerprint density at radius 3 is 2.67 bits per heavy atom. The normalized spacial score (nSPS) is 12.9. The van der Waals surface area contributed by atoms with Crippen molar-refractivity contribution in [3.8, 4) is 0 Å². The molecular formula is C16H21ClN2O2. The van der Waals surface area contributed by atoms with E-state index in [1.54, 1.807) is 0 Å². The van der Waals surface area contributed by atoms with E-state index in [2.05, 4.69) is 23.4 Å². The zero-order valence-electron chi connectivity index (χ0n) is 12.9. The Morgan fingerprint density at radius 1 is 1.38 bits per heavy atom. The average molecular weight is 309 g/mol. The third kappa shape index (κ3) is 3.05. The standard InChI is InChI=1S/C16H21ClN2O2/c1-5-12(16(20)21-6-2)15-18-13-9-11(17)7-8-14(13)19(15)10(3)4/h7-10,12H,5-6H2,1-4H3. The first-order valence-corrected chi connectivity index (χ1v) is 7.71. The molecule has 0 fully saturated rings. The fraction of sp³-hybridized carbons (Fsp3) is 0.500. The van der Waals surface area contributed by atoms with Gasteiger partial charge in [0.15, 0.2) is 0 Å². The van der Waals surface area contributed by atoms with Crippen molar-refractivity contribution in [2.75, 3.05) is 6.61 Å². The van der Waals surface area contributed by atoms with Crippen molar-refractivity contribution in [2.24, 2.45) is 0 Å². The predicted molar refractivity (Wildman–Crippen MR) is 84.8 cm³/mol. The maximum absolute atomic E-state index is 12.2. The fourth-order valence-electron chi connectivity index (χ4n) is 2.58. The first kappa shape index (κ1) is 15.8. The van der Waals surface area contributed by atoms with E-state index in [0.29, 0.717) is 18.1 Å². The molecular weight excluding hydrogens is 288 g/mol. The number of benzene rings is 1. The molecule has 0 N–H and O–H groups in total. The van der Waals surface area contributed by atoms with E-state index < -0.39 is 0 Å². The van der Waals surface area contributed by atoms with Crippen LogP contribution in [0.25, 0.3) is 11.0 Å². The summed E-state index contributed by atoms with van der Waals surface area (Å²) in [6.07, 6.45) is 0.655. The monoisotopic (exact) mass is 308 g/mol. The summed E-state index contributed by atoms with van der Waals surface area (Å²) < 4.78 is 7.28. The number of aromatic nitrogens is 2. The quantitative estimate of drug-likeness (QED) is 0.772. The van der Waals surface area contributed by atoms with E-state index in [1.807, 2.05) is 32.0 Å². The fourth-order valence-corrected chi connectivity index (χ4v) is 2.74. The van der Waals surface area contributed by atoms with Crippen molar-refractivity contribution in [1.82, 2.24) is 9.55 Å². The van der Waals surface area contributed by atoms with Crippen LogP contribution in [0, 0.1) is 0 Å². The Bertz CT molecular complexity index is 649. The largest absolute Gasteiger partial charge is 0.465 e. The minimum Gasteiger partial charge on any atom is -0.465 e. The van der Waals surface area contributed by atoms with Crippen LogP contribution in [0.4, 0.5) is 0 Å². The van der Waals surface area contributed by atoms with Crippen molar-refractivity contribution in [1.29, 1.82) is 0 Å². The summed E-state index contributed by atoms with van der Waals surface area (Å²) in [6.45, 7) is 8.33. The first-order valence-electron chi connectivity index (χ1n) is 7.33. The summed E-state index contributed by atoms with van der Waals surface area (Å²) in [5.74, 6) is 0.185. The molecule has 0 spiro atoms. The van der Waals surface area contributed by atoms with Gasteiger partial charge in [0.1, 0.15) is 11.7 Å². The lowest BCUT2D eigenvalue weighted by molar-refractivity contribution is -0.145. The van der Waals surface area contributed by atoms with Crippen LogP contribution in [0.2, 0.25) is 5.02 Å². The zero-order valence-corrected chi connectivity index (χ0v) is 13.6. The third-order valence-electron chi connectivity index (χ3n) is 3.49. The highest BCUT2D eigenvalue weighted by atomic mass is 35.5. The van der Waals surface area contributed by atoms with Crippen LogP contribution in [0.5, 0.6) is 0 Å². The Morgan fingerprint density at radius 2 is 2.10 bits per heavy atom. The molecule has 2 rings (SSSR count). The van der Waals surface area contributed by atoms with Gasteiger partial charge >= 0.3 is 5.97 Å². The molecule has 1 aromatic carbocycles. The van der Waals surface area contributed by atoms with E-state index in [9.17, 15) is 4.79 Å². The van der Waals surface area contributed by atoms with Crippen molar-refractivity contribution in [2.45, 2.75) is 46.1 Å². The number of esters is 1. The van der Waals surface area contributed by atoms with Gasteiger partial charge in [0.2, 0.25) is 0 Å². The Balaban J connectivity index is 2.60. The van der Waals surface area contributed by atoms with Gasteiger partial charge in [-0.1, -0.05) is 18.5 Å². The molecule has 0 aliphatic carbocycles. The minimum atomic E-state index is -0.349. The van der Waals surface area contributed by atoms with Gasteiger partial charge in [-0.25, -0.2) is 4.98 Å². The predicted octanol–water partition coefficient (Wildman–Crippen LogP) is 4.33. The zero-order chi connectivity index (χ0) is 15.6. The highest BCUT2D eigenvalue weighted by Crippen LogP contribution is 2.30. The highest BCUT2D eigenvalue weighted by molar-refractivity contribution is 6.31.